The van der Waals surface area contributed by atoms with E-state index in [-0.39, 0.29) is 5.82 Å². The summed E-state index contributed by atoms with van der Waals surface area (Å²) < 4.78 is 13.8. The summed E-state index contributed by atoms with van der Waals surface area (Å²) in [6, 6.07) is 18.6. The summed E-state index contributed by atoms with van der Waals surface area (Å²) in [5.74, 6) is 0.152. The summed E-state index contributed by atoms with van der Waals surface area (Å²) in [6.45, 7) is 0. The summed E-state index contributed by atoms with van der Waals surface area (Å²) >= 11 is 2.89. The Morgan fingerprint density at radius 3 is 2.32 bits per heavy atom. The molecule has 0 aliphatic rings. The lowest BCUT2D eigenvalue weighted by Crippen LogP contribution is -1.93. The van der Waals surface area contributed by atoms with E-state index in [9.17, 15) is 4.39 Å². The molecule has 2 N–H and O–H groups in total. The highest BCUT2D eigenvalue weighted by molar-refractivity contribution is 8.00. The van der Waals surface area contributed by atoms with Gasteiger partial charge in [-0.3, -0.25) is 0 Å². The third-order valence-corrected chi connectivity index (χ3v) is 4.96. The van der Waals surface area contributed by atoms with Crippen molar-refractivity contribution >= 4 is 29.3 Å². The molecule has 0 unspecified atom stereocenters. The molecule has 0 bridgehead atoms. The first-order chi connectivity index (χ1) is 10.7. The van der Waals surface area contributed by atoms with Crippen molar-refractivity contribution in [3.63, 3.8) is 0 Å². The molecule has 0 atom stereocenters. The third kappa shape index (κ3) is 3.61. The van der Waals surface area contributed by atoms with E-state index in [0.29, 0.717) is 10.7 Å². The van der Waals surface area contributed by atoms with Gasteiger partial charge in [0.1, 0.15) is 11.6 Å². The highest BCUT2D eigenvalue weighted by Gasteiger charge is 2.09. The molecule has 1 aromatic heterocycles. The number of aromatic nitrogens is 1. The molecule has 0 fully saturated rings. The standard InChI is InChI=1S/C17H13FN2S2/c18-14-8-4-5-9-15(14)22-16-10-13(11-20-17(16)19)21-12-6-2-1-3-7-12/h1-11H,(H2,19,20). The largest absolute Gasteiger partial charge is 0.383 e. The number of pyridine rings is 1. The van der Waals surface area contributed by atoms with Gasteiger partial charge in [0, 0.05) is 20.9 Å². The lowest BCUT2D eigenvalue weighted by Gasteiger charge is -2.08. The maximum absolute atomic E-state index is 13.8. The Kier molecular flexibility index (Phi) is 4.65. The van der Waals surface area contributed by atoms with Crippen molar-refractivity contribution in [3.8, 4) is 0 Å². The van der Waals surface area contributed by atoms with Gasteiger partial charge in [-0.1, -0.05) is 53.9 Å². The molecular weight excluding hydrogens is 315 g/mol. The van der Waals surface area contributed by atoms with Gasteiger partial charge in [0.2, 0.25) is 0 Å². The number of rotatable bonds is 4. The van der Waals surface area contributed by atoms with Gasteiger partial charge < -0.3 is 5.73 Å². The van der Waals surface area contributed by atoms with Crippen LogP contribution < -0.4 is 5.73 Å². The number of benzene rings is 2. The highest BCUT2D eigenvalue weighted by Crippen LogP contribution is 2.36. The second kappa shape index (κ2) is 6.85. The average Bonchev–Trinajstić information content (AvgIpc) is 2.54. The van der Waals surface area contributed by atoms with Crippen LogP contribution in [0.4, 0.5) is 10.2 Å². The summed E-state index contributed by atoms with van der Waals surface area (Å²) in [7, 11) is 0. The number of hydrogen-bond donors (Lipinski definition) is 1. The van der Waals surface area contributed by atoms with E-state index in [2.05, 4.69) is 4.98 Å². The maximum Gasteiger partial charge on any atom is 0.137 e. The molecular formula is C17H13FN2S2. The van der Waals surface area contributed by atoms with Gasteiger partial charge in [0.05, 0.1) is 4.90 Å². The minimum atomic E-state index is -0.256. The van der Waals surface area contributed by atoms with Gasteiger partial charge in [-0.05, 0) is 30.3 Å². The molecule has 2 aromatic carbocycles. The normalized spacial score (nSPS) is 10.6. The van der Waals surface area contributed by atoms with E-state index < -0.39 is 0 Å². The first-order valence-electron chi connectivity index (χ1n) is 6.63. The van der Waals surface area contributed by atoms with Gasteiger partial charge in [0.15, 0.2) is 0 Å². The SMILES string of the molecule is Nc1ncc(Sc2ccccc2)cc1Sc1ccccc1F. The van der Waals surface area contributed by atoms with Crippen LogP contribution in [0.15, 0.2) is 86.4 Å². The molecule has 5 heteroatoms. The average molecular weight is 328 g/mol. The molecule has 0 spiro atoms. The van der Waals surface area contributed by atoms with Crippen LogP contribution in [-0.2, 0) is 0 Å². The minimum absolute atomic E-state index is 0.256. The molecule has 3 aromatic rings. The van der Waals surface area contributed by atoms with Crippen LogP contribution in [-0.4, -0.2) is 4.98 Å². The summed E-state index contributed by atoms with van der Waals surface area (Å²) in [6.07, 6.45) is 1.73. The van der Waals surface area contributed by atoms with Crippen molar-refractivity contribution in [2.75, 3.05) is 5.73 Å². The van der Waals surface area contributed by atoms with Crippen LogP contribution in [0.1, 0.15) is 0 Å². The predicted octanol–water partition coefficient (Wildman–Crippen LogP) is 5.11. The van der Waals surface area contributed by atoms with Crippen LogP contribution in [0.3, 0.4) is 0 Å². The Balaban J connectivity index is 1.86. The fourth-order valence-corrected chi connectivity index (χ4v) is 3.66. The topological polar surface area (TPSA) is 38.9 Å². The number of nitrogens with zero attached hydrogens (tertiary/aromatic N) is 1. The Labute approximate surface area is 137 Å². The van der Waals surface area contributed by atoms with Crippen LogP contribution >= 0.6 is 23.5 Å². The van der Waals surface area contributed by atoms with Gasteiger partial charge in [-0.25, -0.2) is 9.37 Å². The van der Waals surface area contributed by atoms with Gasteiger partial charge in [0.25, 0.3) is 0 Å². The van der Waals surface area contributed by atoms with Gasteiger partial charge in [-0.2, -0.15) is 0 Å². The van der Waals surface area contributed by atoms with Gasteiger partial charge >= 0.3 is 0 Å². The van der Waals surface area contributed by atoms with Crippen LogP contribution in [0, 0.1) is 5.82 Å². The van der Waals surface area contributed by atoms with Crippen LogP contribution in [0.25, 0.3) is 0 Å². The maximum atomic E-state index is 13.8. The lowest BCUT2D eigenvalue weighted by molar-refractivity contribution is 0.602. The highest BCUT2D eigenvalue weighted by atomic mass is 32.2. The molecule has 0 aliphatic heterocycles. The number of nitrogens with two attached hydrogens (primary N) is 1. The first-order valence-corrected chi connectivity index (χ1v) is 8.26. The lowest BCUT2D eigenvalue weighted by atomic mass is 10.3. The van der Waals surface area contributed by atoms with Crippen molar-refractivity contribution in [3.05, 3.63) is 72.7 Å². The van der Waals surface area contributed by atoms with Crippen molar-refractivity contribution in [1.29, 1.82) is 0 Å². The molecule has 1 heterocycles. The van der Waals surface area contributed by atoms with Gasteiger partial charge in [-0.15, -0.1) is 0 Å². The van der Waals surface area contributed by atoms with E-state index in [1.54, 1.807) is 36.2 Å². The zero-order valence-electron chi connectivity index (χ0n) is 11.6. The Hall–Kier alpha value is -1.98. The van der Waals surface area contributed by atoms with E-state index >= 15 is 0 Å². The van der Waals surface area contributed by atoms with Crippen LogP contribution in [0.5, 0.6) is 0 Å². The summed E-state index contributed by atoms with van der Waals surface area (Å²) in [5, 5.41) is 0. The molecule has 0 saturated heterocycles. The Morgan fingerprint density at radius 2 is 1.55 bits per heavy atom. The molecule has 0 amide bonds. The molecule has 0 aliphatic carbocycles. The number of anilines is 1. The minimum Gasteiger partial charge on any atom is -0.383 e. The Morgan fingerprint density at radius 1 is 0.818 bits per heavy atom. The molecule has 110 valence electrons. The summed E-state index contributed by atoms with van der Waals surface area (Å²) in [4.78, 5) is 7.60. The predicted molar refractivity (Wildman–Crippen MR) is 89.7 cm³/mol. The molecule has 0 saturated carbocycles. The smallest absolute Gasteiger partial charge is 0.137 e. The number of hydrogen-bond acceptors (Lipinski definition) is 4. The third-order valence-electron chi connectivity index (χ3n) is 2.89. The Bertz CT molecular complexity index is 779. The van der Waals surface area contributed by atoms with E-state index in [4.69, 9.17) is 5.73 Å². The number of nitrogen functional groups attached to an aromatic ring is 1. The first kappa shape index (κ1) is 14.9. The molecule has 2 nitrogen and oxygen atoms in total. The van der Waals surface area contributed by atoms with Crippen molar-refractivity contribution in [1.82, 2.24) is 4.98 Å². The van der Waals surface area contributed by atoms with Crippen molar-refractivity contribution < 1.29 is 4.39 Å². The second-order valence-electron chi connectivity index (χ2n) is 4.50. The van der Waals surface area contributed by atoms with Crippen molar-refractivity contribution in [2.24, 2.45) is 0 Å². The monoisotopic (exact) mass is 328 g/mol. The molecule has 3 rings (SSSR count). The van der Waals surface area contributed by atoms with E-state index in [0.717, 1.165) is 14.7 Å². The second-order valence-corrected chi connectivity index (χ2v) is 6.73. The zero-order chi connectivity index (χ0) is 15.4. The fraction of sp³-hybridized carbons (Fsp3) is 0. The molecule has 0 radical (unpaired) electrons. The zero-order valence-corrected chi connectivity index (χ0v) is 13.2. The molecule has 22 heavy (non-hydrogen) atoms. The van der Waals surface area contributed by atoms with Crippen LogP contribution in [0.2, 0.25) is 0 Å². The quantitative estimate of drug-likeness (QED) is 0.723. The van der Waals surface area contributed by atoms with Crippen molar-refractivity contribution in [2.45, 2.75) is 19.6 Å². The van der Waals surface area contributed by atoms with E-state index in [1.165, 1.54) is 17.8 Å². The van der Waals surface area contributed by atoms with E-state index in [1.807, 2.05) is 36.4 Å². The fourth-order valence-electron chi connectivity index (χ4n) is 1.85. The summed E-state index contributed by atoms with van der Waals surface area (Å²) in [5.41, 5.74) is 5.92. The number of halogens is 1.